The average Bonchev–Trinajstić information content (AvgIpc) is 2.60. The van der Waals surface area contributed by atoms with Crippen LogP contribution in [0.3, 0.4) is 0 Å². The molecule has 0 spiro atoms. The van der Waals surface area contributed by atoms with Gasteiger partial charge in [-0.15, -0.1) is 11.3 Å². The minimum Gasteiger partial charge on any atom is -0.319 e. The van der Waals surface area contributed by atoms with Crippen LogP contribution in [-0.2, 0) is 5.54 Å². The summed E-state index contributed by atoms with van der Waals surface area (Å²) in [7, 11) is 0. The first-order chi connectivity index (χ1) is 6.10. The van der Waals surface area contributed by atoms with Gasteiger partial charge < -0.3 is 5.73 Å². The monoisotopic (exact) mass is 196 g/mol. The quantitative estimate of drug-likeness (QED) is 0.749. The van der Waals surface area contributed by atoms with Gasteiger partial charge in [0.1, 0.15) is 5.01 Å². The zero-order valence-corrected chi connectivity index (χ0v) is 9.03. The minimum atomic E-state index is -0.113. The normalized spacial score (nSPS) is 33.9. The zero-order chi connectivity index (χ0) is 9.47. The Kier molecular flexibility index (Phi) is 2.16. The molecule has 1 aliphatic carbocycles. The molecule has 0 bridgehead atoms. The van der Waals surface area contributed by atoms with Crippen LogP contribution in [0.4, 0.5) is 0 Å². The highest BCUT2D eigenvalue weighted by molar-refractivity contribution is 7.09. The predicted molar refractivity (Wildman–Crippen MR) is 55.7 cm³/mol. The molecule has 0 aliphatic heterocycles. The lowest BCUT2D eigenvalue weighted by Crippen LogP contribution is -2.33. The molecule has 2 rings (SSSR count). The molecule has 0 aromatic carbocycles. The van der Waals surface area contributed by atoms with Crippen molar-refractivity contribution in [3.05, 3.63) is 16.1 Å². The van der Waals surface area contributed by atoms with Crippen molar-refractivity contribution in [2.75, 3.05) is 0 Å². The van der Waals surface area contributed by atoms with E-state index in [0.29, 0.717) is 0 Å². The summed E-state index contributed by atoms with van der Waals surface area (Å²) in [6.45, 7) is 4.30. The van der Waals surface area contributed by atoms with Crippen LogP contribution in [-0.4, -0.2) is 4.98 Å². The van der Waals surface area contributed by atoms with Crippen molar-refractivity contribution in [1.82, 2.24) is 4.98 Å². The Balaban J connectivity index is 2.25. The van der Waals surface area contributed by atoms with E-state index in [2.05, 4.69) is 17.3 Å². The molecule has 13 heavy (non-hydrogen) atoms. The summed E-state index contributed by atoms with van der Waals surface area (Å²) in [4.78, 5) is 4.49. The second-order valence-electron chi connectivity index (χ2n) is 4.30. The van der Waals surface area contributed by atoms with Crippen LogP contribution < -0.4 is 5.73 Å². The number of rotatable bonds is 1. The first kappa shape index (κ1) is 9.16. The van der Waals surface area contributed by atoms with E-state index in [0.717, 1.165) is 29.5 Å². The molecule has 0 saturated heterocycles. The van der Waals surface area contributed by atoms with Gasteiger partial charge in [-0.2, -0.15) is 0 Å². The van der Waals surface area contributed by atoms with E-state index in [1.807, 2.05) is 6.92 Å². The maximum Gasteiger partial charge on any atom is 0.113 e. The van der Waals surface area contributed by atoms with Crippen molar-refractivity contribution < 1.29 is 0 Å². The van der Waals surface area contributed by atoms with Gasteiger partial charge in [0.15, 0.2) is 0 Å². The van der Waals surface area contributed by atoms with Crippen LogP contribution in [0.2, 0.25) is 0 Å². The molecule has 0 amide bonds. The lowest BCUT2D eigenvalue weighted by atomic mass is 9.99. The Labute approximate surface area is 83.2 Å². The van der Waals surface area contributed by atoms with Gasteiger partial charge >= 0.3 is 0 Å². The highest BCUT2D eigenvalue weighted by Crippen LogP contribution is 2.40. The van der Waals surface area contributed by atoms with Gasteiger partial charge in [-0.25, -0.2) is 4.98 Å². The van der Waals surface area contributed by atoms with Crippen LogP contribution >= 0.6 is 11.3 Å². The maximum atomic E-state index is 6.33. The Morgan fingerprint density at radius 1 is 1.69 bits per heavy atom. The lowest BCUT2D eigenvalue weighted by molar-refractivity contribution is 0.438. The molecule has 2 atom stereocenters. The highest BCUT2D eigenvalue weighted by Gasteiger charge is 2.37. The van der Waals surface area contributed by atoms with Gasteiger partial charge in [0.25, 0.3) is 0 Å². The van der Waals surface area contributed by atoms with E-state index in [1.165, 1.54) is 6.42 Å². The largest absolute Gasteiger partial charge is 0.319 e. The fourth-order valence-electron chi connectivity index (χ4n) is 2.11. The molecule has 1 aromatic heterocycles. The second kappa shape index (κ2) is 3.07. The number of aromatic nitrogens is 1. The lowest BCUT2D eigenvalue weighted by Gasteiger charge is -2.20. The summed E-state index contributed by atoms with van der Waals surface area (Å²) in [6, 6.07) is 0. The molecule has 2 unspecified atom stereocenters. The summed E-state index contributed by atoms with van der Waals surface area (Å²) < 4.78 is 0. The van der Waals surface area contributed by atoms with Crippen molar-refractivity contribution in [2.24, 2.45) is 11.7 Å². The molecule has 72 valence electrons. The van der Waals surface area contributed by atoms with Gasteiger partial charge in [-0.1, -0.05) is 6.92 Å². The van der Waals surface area contributed by atoms with Gasteiger partial charge in [0.2, 0.25) is 0 Å². The second-order valence-corrected chi connectivity index (χ2v) is 5.16. The maximum absolute atomic E-state index is 6.33. The van der Waals surface area contributed by atoms with Crippen molar-refractivity contribution in [3.8, 4) is 0 Å². The smallest absolute Gasteiger partial charge is 0.113 e. The van der Waals surface area contributed by atoms with Gasteiger partial charge in [0.05, 0.1) is 5.54 Å². The van der Waals surface area contributed by atoms with Crippen molar-refractivity contribution >= 4 is 11.3 Å². The van der Waals surface area contributed by atoms with Gasteiger partial charge in [-0.05, 0) is 32.1 Å². The summed E-state index contributed by atoms with van der Waals surface area (Å²) in [5, 5.41) is 3.22. The number of nitrogens with two attached hydrogens (primary N) is 1. The molecule has 2 N–H and O–H groups in total. The highest BCUT2D eigenvalue weighted by atomic mass is 32.1. The first-order valence-electron chi connectivity index (χ1n) is 4.82. The summed E-state index contributed by atoms with van der Waals surface area (Å²) in [5.41, 5.74) is 7.32. The molecular weight excluding hydrogens is 180 g/mol. The molecule has 1 heterocycles. The minimum absolute atomic E-state index is 0.113. The fourth-order valence-corrected chi connectivity index (χ4v) is 3.06. The third kappa shape index (κ3) is 1.63. The van der Waals surface area contributed by atoms with Crippen molar-refractivity contribution in [1.29, 1.82) is 0 Å². The molecule has 1 saturated carbocycles. The molecule has 2 nitrogen and oxygen atoms in total. The predicted octanol–water partition coefficient (Wildman–Crippen LogP) is 2.43. The van der Waals surface area contributed by atoms with Crippen LogP contribution in [0.1, 0.15) is 36.9 Å². The van der Waals surface area contributed by atoms with E-state index in [9.17, 15) is 0 Å². The number of hydrogen-bond donors (Lipinski definition) is 1. The van der Waals surface area contributed by atoms with Crippen LogP contribution in [0.5, 0.6) is 0 Å². The van der Waals surface area contributed by atoms with E-state index >= 15 is 0 Å². The van der Waals surface area contributed by atoms with Gasteiger partial charge in [0, 0.05) is 11.1 Å². The van der Waals surface area contributed by atoms with E-state index < -0.39 is 0 Å². The summed E-state index contributed by atoms with van der Waals surface area (Å²) in [5.74, 6) is 0.759. The standard InChI is InChI=1S/C10H16N2S/c1-7-3-4-10(11,5-7)9-12-8(2)6-13-9/h6-7H,3-5,11H2,1-2H3. The zero-order valence-electron chi connectivity index (χ0n) is 8.21. The summed E-state index contributed by atoms with van der Waals surface area (Å²) in [6.07, 6.45) is 3.44. The first-order valence-corrected chi connectivity index (χ1v) is 5.69. The molecule has 1 aromatic rings. The SMILES string of the molecule is Cc1csc(C2(N)CCC(C)C2)n1. The summed E-state index contributed by atoms with van der Waals surface area (Å²) >= 11 is 1.71. The van der Waals surface area contributed by atoms with Crippen LogP contribution in [0.25, 0.3) is 0 Å². The van der Waals surface area contributed by atoms with E-state index in [1.54, 1.807) is 11.3 Å². The Hall–Kier alpha value is -0.410. The average molecular weight is 196 g/mol. The van der Waals surface area contributed by atoms with Gasteiger partial charge in [-0.3, -0.25) is 0 Å². The number of nitrogens with zero attached hydrogens (tertiary/aromatic N) is 1. The van der Waals surface area contributed by atoms with E-state index in [4.69, 9.17) is 5.73 Å². The van der Waals surface area contributed by atoms with Crippen LogP contribution in [0.15, 0.2) is 5.38 Å². The third-order valence-corrected chi connectivity index (χ3v) is 4.02. The van der Waals surface area contributed by atoms with E-state index in [-0.39, 0.29) is 5.54 Å². The number of aryl methyl sites for hydroxylation is 1. The molecule has 0 radical (unpaired) electrons. The molecular formula is C10H16N2S. The molecule has 1 fully saturated rings. The molecule has 3 heteroatoms. The third-order valence-electron chi connectivity index (χ3n) is 2.84. The van der Waals surface area contributed by atoms with Crippen molar-refractivity contribution in [3.63, 3.8) is 0 Å². The topological polar surface area (TPSA) is 38.9 Å². The molecule has 1 aliphatic rings. The fraction of sp³-hybridized carbons (Fsp3) is 0.700. The van der Waals surface area contributed by atoms with Crippen LogP contribution in [0, 0.1) is 12.8 Å². The van der Waals surface area contributed by atoms with Crippen molar-refractivity contribution in [2.45, 2.75) is 38.6 Å². The Morgan fingerprint density at radius 3 is 2.92 bits per heavy atom. The Bertz CT molecular complexity index is 308. The Morgan fingerprint density at radius 2 is 2.46 bits per heavy atom. The number of thiazole rings is 1. The number of hydrogen-bond acceptors (Lipinski definition) is 3.